The molecule has 2 aromatic rings. The second-order valence-corrected chi connectivity index (χ2v) is 3.55. The normalized spacial score (nSPS) is 10.6. The van der Waals surface area contributed by atoms with Crippen molar-refractivity contribution in [3.8, 4) is 5.82 Å². The zero-order chi connectivity index (χ0) is 11.0. The fourth-order valence-corrected chi connectivity index (χ4v) is 1.42. The molecule has 0 aromatic carbocycles. The number of nitrogens with one attached hydrogen (secondary N) is 1. The first-order chi connectivity index (χ1) is 7.09. The van der Waals surface area contributed by atoms with Gasteiger partial charge in [-0.25, -0.2) is 9.78 Å². The van der Waals surface area contributed by atoms with E-state index >= 15 is 0 Å². The van der Waals surface area contributed by atoms with Crippen molar-refractivity contribution in [3.63, 3.8) is 0 Å². The van der Waals surface area contributed by atoms with E-state index in [0.29, 0.717) is 10.8 Å². The summed E-state index contributed by atoms with van der Waals surface area (Å²) in [4.78, 5) is 10.8. The Morgan fingerprint density at radius 3 is 2.60 bits per heavy atom. The highest BCUT2D eigenvalue weighted by Crippen LogP contribution is 2.20. The van der Waals surface area contributed by atoms with E-state index in [1.807, 2.05) is 13.8 Å². The number of nitrogens with zero attached hydrogens (tertiary/aromatic N) is 3. The van der Waals surface area contributed by atoms with Crippen molar-refractivity contribution >= 4 is 11.6 Å². The molecule has 78 valence electrons. The van der Waals surface area contributed by atoms with E-state index in [9.17, 15) is 4.79 Å². The number of hydrogen-bond donors (Lipinski definition) is 1. The molecule has 0 unspecified atom stereocenters. The topological polar surface area (TPSA) is 63.6 Å². The maximum atomic E-state index is 10.8. The van der Waals surface area contributed by atoms with Crippen LogP contribution in [0.15, 0.2) is 16.9 Å². The maximum Gasteiger partial charge on any atom is 0.264 e. The zero-order valence-electron chi connectivity index (χ0n) is 8.28. The summed E-state index contributed by atoms with van der Waals surface area (Å²) in [6.07, 6.45) is 0. The van der Waals surface area contributed by atoms with Crippen LogP contribution in [0.1, 0.15) is 11.4 Å². The Labute approximate surface area is 90.7 Å². The molecule has 5 nitrogen and oxygen atoms in total. The van der Waals surface area contributed by atoms with Crippen LogP contribution in [0.4, 0.5) is 0 Å². The predicted molar refractivity (Wildman–Crippen MR) is 56.5 cm³/mol. The molecule has 0 saturated heterocycles. The van der Waals surface area contributed by atoms with Crippen molar-refractivity contribution in [3.05, 3.63) is 38.9 Å². The quantitative estimate of drug-likeness (QED) is 0.792. The molecule has 0 aliphatic rings. The number of hydrogen-bond acceptors (Lipinski definition) is 3. The van der Waals surface area contributed by atoms with Crippen molar-refractivity contribution in [1.82, 2.24) is 20.0 Å². The molecule has 0 atom stereocenters. The summed E-state index contributed by atoms with van der Waals surface area (Å²) in [5.74, 6) is 0.544. The molecule has 0 aliphatic carbocycles. The van der Waals surface area contributed by atoms with Crippen LogP contribution in [-0.2, 0) is 0 Å². The minimum atomic E-state index is -0.244. The minimum absolute atomic E-state index is 0.244. The Morgan fingerprint density at radius 2 is 2.13 bits per heavy atom. The molecule has 0 bridgehead atoms. The molecule has 0 aliphatic heterocycles. The molecule has 0 fully saturated rings. The van der Waals surface area contributed by atoms with Crippen LogP contribution in [0, 0.1) is 13.8 Å². The van der Waals surface area contributed by atoms with E-state index in [4.69, 9.17) is 11.6 Å². The highest BCUT2D eigenvalue weighted by molar-refractivity contribution is 6.31. The summed E-state index contributed by atoms with van der Waals surface area (Å²) in [6.45, 7) is 3.66. The fraction of sp³-hybridized carbons (Fsp3) is 0.222. The second-order valence-electron chi connectivity index (χ2n) is 3.18. The fourth-order valence-electron chi connectivity index (χ4n) is 1.30. The first-order valence-electron chi connectivity index (χ1n) is 4.37. The molecule has 2 aromatic heterocycles. The molecule has 0 saturated carbocycles. The Kier molecular flexibility index (Phi) is 2.32. The van der Waals surface area contributed by atoms with Crippen LogP contribution in [-0.4, -0.2) is 20.0 Å². The molecule has 2 rings (SSSR count). The summed E-state index contributed by atoms with van der Waals surface area (Å²) >= 11 is 6.00. The SMILES string of the molecule is Cc1nn(-c2ccc(=O)[nH]n2)c(C)c1Cl. The van der Waals surface area contributed by atoms with Crippen LogP contribution in [0.2, 0.25) is 5.02 Å². The molecule has 15 heavy (non-hydrogen) atoms. The molecular formula is C9H9ClN4O. The third-order valence-corrected chi connectivity index (χ3v) is 2.63. The monoisotopic (exact) mass is 224 g/mol. The Bertz CT molecular complexity index is 537. The number of halogens is 1. The van der Waals surface area contributed by atoms with Crippen molar-refractivity contribution in [2.24, 2.45) is 0 Å². The summed E-state index contributed by atoms with van der Waals surface area (Å²) in [5, 5.41) is 11.0. The van der Waals surface area contributed by atoms with E-state index in [-0.39, 0.29) is 5.56 Å². The third kappa shape index (κ3) is 1.66. The molecule has 2 heterocycles. The number of aryl methyl sites for hydroxylation is 1. The number of H-pyrrole nitrogens is 1. The van der Waals surface area contributed by atoms with E-state index in [2.05, 4.69) is 15.3 Å². The summed E-state index contributed by atoms with van der Waals surface area (Å²) < 4.78 is 1.59. The summed E-state index contributed by atoms with van der Waals surface area (Å²) in [6, 6.07) is 2.99. The number of rotatable bonds is 1. The van der Waals surface area contributed by atoms with E-state index < -0.39 is 0 Å². The van der Waals surface area contributed by atoms with Crippen LogP contribution in [0.25, 0.3) is 5.82 Å². The van der Waals surface area contributed by atoms with Crippen LogP contribution in [0.3, 0.4) is 0 Å². The smallest absolute Gasteiger partial charge is 0.264 e. The molecule has 0 radical (unpaired) electrons. The summed E-state index contributed by atoms with van der Waals surface area (Å²) in [5.41, 5.74) is 1.29. The minimum Gasteiger partial charge on any atom is -0.268 e. The van der Waals surface area contributed by atoms with Gasteiger partial charge in [0.05, 0.1) is 16.4 Å². The van der Waals surface area contributed by atoms with Crippen molar-refractivity contribution in [2.45, 2.75) is 13.8 Å². The first-order valence-corrected chi connectivity index (χ1v) is 4.75. The average Bonchev–Trinajstić information content (AvgIpc) is 2.47. The zero-order valence-corrected chi connectivity index (χ0v) is 9.04. The molecular weight excluding hydrogens is 216 g/mol. The van der Waals surface area contributed by atoms with Gasteiger partial charge in [0.1, 0.15) is 0 Å². The van der Waals surface area contributed by atoms with Gasteiger partial charge in [0, 0.05) is 6.07 Å². The van der Waals surface area contributed by atoms with Gasteiger partial charge in [0.25, 0.3) is 5.56 Å². The van der Waals surface area contributed by atoms with Gasteiger partial charge < -0.3 is 0 Å². The van der Waals surface area contributed by atoms with Gasteiger partial charge in [0.2, 0.25) is 0 Å². The standard InChI is InChI=1S/C9H9ClN4O/c1-5-9(10)6(2)14(13-5)7-3-4-8(15)12-11-7/h3-4H,1-2H3,(H,12,15). The van der Waals surface area contributed by atoms with Gasteiger partial charge >= 0.3 is 0 Å². The highest BCUT2D eigenvalue weighted by atomic mass is 35.5. The average molecular weight is 225 g/mol. The third-order valence-electron chi connectivity index (χ3n) is 2.08. The van der Waals surface area contributed by atoms with Gasteiger partial charge in [-0.3, -0.25) is 4.79 Å². The number of aromatic amines is 1. The first kappa shape index (κ1) is 9.92. The lowest BCUT2D eigenvalue weighted by molar-refractivity contribution is 0.776. The Hall–Kier alpha value is -1.62. The van der Waals surface area contributed by atoms with Gasteiger partial charge in [-0.2, -0.15) is 10.2 Å². The van der Waals surface area contributed by atoms with Crippen LogP contribution in [0.5, 0.6) is 0 Å². The predicted octanol–water partition coefficient (Wildman–Crippen LogP) is 1.23. The van der Waals surface area contributed by atoms with Crippen LogP contribution >= 0.6 is 11.6 Å². The van der Waals surface area contributed by atoms with Gasteiger partial charge in [0.15, 0.2) is 5.82 Å². The molecule has 0 spiro atoms. The summed E-state index contributed by atoms with van der Waals surface area (Å²) in [7, 11) is 0. The lowest BCUT2D eigenvalue weighted by Crippen LogP contribution is -2.10. The molecule has 6 heteroatoms. The van der Waals surface area contributed by atoms with Crippen molar-refractivity contribution in [1.29, 1.82) is 0 Å². The van der Waals surface area contributed by atoms with Gasteiger partial charge in [-0.1, -0.05) is 11.6 Å². The highest BCUT2D eigenvalue weighted by Gasteiger charge is 2.11. The maximum absolute atomic E-state index is 10.8. The second kappa shape index (κ2) is 3.51. The molecule has 1 N–H and O–H groups in total. The Morgan fingerprint density at radius 1 is 1.40 bits per heavy atom. The lowest BCUT2D eigenvalue weighted by Gasteiger charge is -2.00. The van der Waals surface area contributed by atoms with Crippen molar-refractivity contribution < 1.29 is 0 Å². The van der Waals surface area contributed by atoms with E-state index in [0.717, 1.165) is 11.4 Å². The van der Waals surface area contributed by atoms with Gasteiger partial charge in [-0.15, -0.1) is 0 Å². The van der Waals surface area contributed by atoms with E-state index in [1.54, 1.807) is 10.7 Å². The lowest BCUT2D eigenvalue weighted by atomic mass is 10.4. The van der Waals surface area contributed by atoms with Crippen molar-refractivity contribution in [2.75, 3.05) is 0 Å². The van der Waals surface area contributed by atoms with E-state index in [1.165, 1.54) is 6.07 Å². The number of aromatic nitrogens is 4. The van der Waals surface area contributed by atoms with Gasteiger partial charge in [-0.05, 0) is 19.9 Å². The largest absolute Gasteiger partial charge is 0.268 e. The molecule has 0 amide bonds. The Balaban J connectivity index is 2.59. The van der Waals surface area contributed by atoms with Crippen LogP contribution < -0.4 is 5.56 Å².